The lowest BCUT2D eigenvalue weighted by atomic mass is 10.1. The number of H-pyrrole nitrogens is 1. The normalized spacial score (nSPS) is 10.1. The minimum atomic E-state index is -0.100. The maximum absolute atomic E-state index is 11.5. The summed E-state index contributed by atoms with van der Waals surface area (Å²) < 4.78 is 5.45. The van der Waals surface area contributed by atoms with E-state index in [0.717, 1.165) is 5.39 Å². The minimum Gasteiger partial charge on any atom is -0.489 e. The Kier molecular flexibility index (Phi) is 2.54. The first kappa shape index (κ1) is 9.52. The zero-order valence-corrected chi connectivity index (χ0v) is 8.19. The van der Waals surface area contributed by atoms with Gasteiger partial charge in [-0.05, 0) is 18.2 Å². The van der Waals surface area contributed by atoms with Gasteiger partial charge in [0.2, 0.25) is 0 Å². The van der Waals surface area contributed by atoms with Crippen LogP contribution in [0.5, 0.6) is 5.75 Å². The molecule has 0 radical (unpaired) electrons. The van der Waals surface area contributed by atoms with E-state index in [1.165, 1.54) is 0 Å². The Morgan fingerprint density at radius 3 is 3.00 bits per heavy atom. The number of pyridine rings is 1. The van der Waals surface area contributed by atoms with Crippen LogP contribution in [0.1, 0.15) is 0 Å². The van der Waals surface area contributed by atoms with Crippen LogP contribution < -0.4 is 10.3 Å². The van der Waals surface area contributed by atoms with Crippen LogP contribution in [0.3, 0.4) is 0 Å². The van der Waals surface area contributed by atoms with Crippen LogP contribution in [0.2, 0.25) is 0 Å². The second-order valence-electron chi connectivity index (χ2n) is 3.12. The summed E-state index contributed by atoms with van der Waals surface area (Å²) in [4.78, 5) is 14.1. The van der Waals surface area contributed by atoms with Crippen molar-refractivity contribution in [2.24, 2.45) is 0 Å². The first-order chi connectivity index (χ1) is 7.33. The number of rotatable bonds is 3. The smallest absolute Gasteiger partial charge is 0.255 e. The molecule has 0 aliphatic rings. The molecule has 1 N–H and O–H groups in total. The van der Waals surface area contributed by atoms with Crippen LogP contribution >= 0.6 is 0 Å². The van der Waals surface area contributed by atoms with Gasteiger partial charge in [0.25, 0.3) is 5.56 Å². The molecule has 0 saturated carbocycles. The number of ether oxygens (including phenoxy) is 1. The third-order valence-electron chi connectivity index (χ3n) is 2.13. The molecule has 0 spiro atoms. The molecule has 0 unspecified atom stereocenters. The number of aromatic nitrogens is 1. The molecule has 0 aliphatic heterocycles. The first-order valence-electron chi connectivity index (χ1n) is 4.67. The molecule has 1 aromatic heterocycles. The molecular weight excluding hydrogens is 190 g/mol. The van der Waals surface area contributed by atoms with Gasteiger partial charge < -0.3 is 9.72 Å². The van der Waals surface area contributed by atoms with Crippen LogP contribution in [0.4, 0.5) is 0 Å². The molecule has 0 atom stereocenters. The lowest BCUT2D eigenvalue weighted by Gasteiger charge is -2.06. The summed E-state index contributed by atoms with van der Waals surface area (Å²) in [6.07, 6.45) is 3.29. The van der Waals surface area contributed by atoms with Crippen LogP contribution in [0.25, 0.3) is 10.8 Å². The third kappa shape index (κ3) is 1.76. The highest BCUT2D eigenvalue weighted by Crippen LogP contribution is 2.22. The Bertz CT molecular complexity index is 543. The molecule has 0 aliphatic carbocycles. The Morgan fingerprint density at radius 2 is 2.20 bits per heavy atom. The maximum Gasteiger partial charge on any atom is 0.255 e. The number of hydrogen-bond acceptors (Lipinski definition) is 2. The van der Waals surface area contributed by atoms with Crippen molar-refractivity contribution >= 4 is 10.8 Å². The van der Waals surface area contributed by atoms with Gasteiger partial charge in [-0.1, -0.05) is 18.7 Å². The topological polar surface area (TPSA) is 42.1 Å². The van der Waals surface area contributed by atoms with Crippen molar-refractivity contribution in [3.05, 3.63) is 53.5 Å². The van der Waals surface area contributed by atoms with E-state index < -0.39 is 0 Å². The van der Waals surface area contributed by atoms with Crippen molar-refractivity contribution in [3.8, 4) is 5.75 Å². The Hall–Kier alpha value is -2.03. The van der Waals surface area contributed by atoms with Gasteiger partial charge in [0.05, 0.1) is 5.39 Å². The summed E-state index contributed by atoms with van der Waals surface area (Å²) >= 11 is 0. The summed E-state index contributed by atoms with van der Waals surface area (Å²) in [6.45, 7) is 4.02. The molecule has 1 heterocycles. The van der Waals surface area contributed by atoms with E-state index >= 15 is 0 Å². The second-order valence-corrected chi connectivity index (χ2v) is 3.12. The fourth-order valence-corrected chi connectivity index (χ4v) is 1.47. The number of fused-ring (bicyclic) bond motifs is 1. The van der Waals surface area contributed by atoms with Gasteiger partial charge in [0, 0.05) is 11.6 Å². The first-order valence-corrected chi connectivity index (χ1v) is 4.67. The van der Waals surface area contributed by atoms with Crippen molar-refractivity contribution < 1.29 is 4.74 Å². The fraction of sp³-hybridized carbons (Fsp3) is 0.0833. The lowest BCUT2D eigenvalue weighted by molar-refractivity contribution is 0.367. The highest BCUT2D eigenvalue weighted by Gasteiger charge is 2.02. The molecule has 15 heavy (non-hydrogen) atoms. The summed E-state index contributed by atoms with van der Waals surface area (Å²) in [7, 11) is 0. The average Bonchev–Trinajstić information content (AvgIpc) is 2.27. The van der Waals surface area contributed by atoms with Crippen molar-refractivity contribution in [3.63, 3.8) is 0 Å². The van der Waals surface area contributed by atoms with E-state index in [0.29, 0.717) is 17.7 Å². The molecule has 76 valence electrons. The molecule has 0 amide bonds. The lowest BCUT2D eigenvalue weighted by Crippen LogP contribution is -2.05. The largest absolute Gasteiger partial charge is 0.489 e. The minimum absolute atomic E-state index is 0.100. The summed E-state index contributed by atoms with van der Waals surface area (Å²) in [5.41, 5.74) is -0.100. The highest BCUT2D eigenvalue weighted by atomic mass is 16.5. The van der Waals surface area contributed by atoms with Crippen molar-refractivity contribution in [1.82, 2.24) is 4.98 Å². The Labute approximate surface area is 87.0 Å². The third-order valence-corrected chi connectivity index (χ3v) is 2.13. The van der Waals surface area contributed by atoms with E-state index in [2.05, 4.69) is 11.6 Å². The maximum atomic E-state index is 11.5. The van der Waals surface area contributed by atoms with Gasteiger partial charge in [-0.2, -0.15) is 0 Å². The van der Waals surface area contributed by atoms with Crippen LogP contribution in [0.15, 0.2) is 47.9 Å². The van der Waals surface area contributed by atoms with Gasteiger partial charge in [-0.15, -0.1) is 0 Å². The van der Waals surface area contributed by atoms with Gasteiger partial charge >= 0.3 is 0 Å². The van der Waals surface area contributed by atoms with Crippen molar-refractivity contribution in [2.75, 3.05) is 6.61 Å². The number of nitrogens with one attached hydrogen (secondary N) is 1. The quantitative estimate of drug-likeness (QED) is 0.772. The molecule has 2 rings (SSSR count). The van der Waals surface area contributed by atoms with Crippen LogP contribution in [0, 0.1) is 0 Å². The predicted octanol–water partition coefficient (Wildman–Crippen LogP) is 2.09. The molecule has 0 bridgehead atoms. The van der Waals surface area contributed by atoms with Gasteiger partial charge in [-0.3, -0.25) is 4.79 Å². The van der Waals surface area contributed by atoms with E-state index in [9.17, 15) is 4.79 Å². The van der Waals surface area contributed by atoms with Crippen molar-refractivity contribution in [1.29, 1.82) is 0 Å². The monoisotopic (exact) mass is 201 g/mol. The SMILES string of the molecule is C=CCOc1cccc2c(=O)[nH]ccc12. The van der Waals surface area contributed by atoms with E-state index in [4.69, 9.17) is 4.74 Å². The molecule has 3 heteroatoms. The van der Waals surface area contributed by atoms with E-state index in [-0.39, 0.29) is 5.56 Å². The number of benzene rings is 1. The van der Waals surface area contributed by atoms with Crippen LogP contribution in [-0.2, 0) is 0 Å². The number of aromatic amines is 1. The summed E-state index contributed by atoms with van der Waals surface area (Å²) in [6, 6.07) is 7.24. The zero-order chi connectivity index (χ0) is 10.7. The standard InChI is InChI=1S/C12H11NO2/c1-2-8-15-11-5-3-4-10-9(11)6-7-13-12(10)14/h2-7H,1,8H2,(H,13,14). The Morgan fingerprint density at radius 1 is 1.33 bits per heavy atom. The highest BCUT2D eigenvalue weighted by molar-refractivity contribution is 5.87. The Balaban J connectivity index is 2.60. The van der Waals surface area contributed by atoms with Gasteiger partial charge in [-0.25, -0.2) is 0 Å². The second kappa shape index (κ2) is 4.00. The van der Waals surface area contributed by atoms with Crippen molar-refractivity contribution in [2.45, 2.75) is 0 Å². The molecule has 3 nitrogen and oxygen atoms in total. The molecule has 1 aromatic carbocycles. The van der Waals surface area contributed by atoms with E-state index in [1.807, 2.05) is 12.1 Å². The van der Waals surface area contributed by atoms with Gasteiger partial charge in [0.15, 0.2) is 0 Å². The summed E-state index contributed by atoms with van der Waals surface area (Å²) in [5.74, 6) is 0.707. The van der Waals surface area contributed by atoms with Gasteiger partial charge in [0.1, 0.15) is 12.4 Å². The summed E-state index contributed by atoms with van der Waals surface area (Å²) in [5, 5.41) is 1.46. The number of hydrogen-bond donors (Lipinski definition) is 1. The van der Waals surface area contributed by atoms with E-state index in [1.54, 1.807) is 24.4 Å². The molecular formula is C12H11NO2. The molecule has 0 fully saturated rings. The fourth-order valence-electron chi connectivity index (χ4n) is 1.47. The molecule has 2 aromatic rings. The average molecular weight is 201 g/mol. The zero-order valence-electron chi connectivity index (χ0n) is 8.19. The molecule has 0 saturated heterocycles. The predicted molar refractivity (Wildman–Crippen MR) is 60.3 cm³/mol. The van der Waals surface area contributed by atoms with Crippen LogP contribution in [-0.4, -0.2) is 11.6 Å².